The lowest BCUT2D eigenvalue weighted by molar-refractivity contribution is -0.137. The van der Waals surface area contributed by atoms with E-state index in [9.17, 15) is 4.79 Å². The second-order valence-electron chi connectivity index (χ2n) is 5.59. The fraction of sp³-hybridized carbons (Fsp3) is 0.316. The molecule has 0 radical (unpaired) electrons. The lowest BCUT2D eigenvalue weighted by atomic mass is 9.78. The average molecular weight is 295 g/mol. The molecule has 3 unspecified atom stereocenters. The van der Waals surface area contributed by atoms with Crippen molar-refractivity contribution in [2.45, 2.75) is 26.0 Å². The maximum absolute atomic E-state index is 12.7. The number of rotatable bonds is 5. The first-order valence-corrected chi connectivity index (χ1v) is 7.78. The van der Waals surface area contributed by atoms with Gasteiger partial charge in [0.25, 0.3) is 0 Å². The number of carbonyl (C=O) groups excluding carboxylic acids is 1. The largest absolute Gasteiger partial charge is 0.378 e. The summed E-state index contributed by atoms with van der Waals surface area (Å²) in [6.45, 7) is 4.58. The van der Waals surface area contributed by atoms with Gasteiger partial charge in [-0.3, -0.25) is 4.79 Å². The molecule has 114 valence electrons. The van der Waals surface area contributed by atoms with Crippen molar-refractivity contribution in [3.05, 3.63) is 66.2 Å². The summed E-state index contributed by atoms with van der Waals surface area (Å²) >= 11 is 0. The first-order chi connectivity index (χ1) is 10.7. The molecule has 0 aliphatic carbocycles. The molecule has 1 fully saturated rings. The van der Waals surface area contributed by atoms with Crippen LogP contribution in [0.15, 0.2) is 60.7 Å². The molecule has 0 saturated carbocycles. The predicted octanol–water partition coefficient (Wildman–Crippen LogP) is 3.82. The van der Waals surface area contributed by atoms with Gasteiger partial charge < -0.3 is 9.64 Å². The lowest BCUT2D eigenvalue weighted by Crippen LogP contribution is -2.59. The molecule has 0 spiro atoms. The molecular formula is C19H21NO2. The highest BCUT2D eigenvalue weighted by Crippen LogP contribution is 2.45. The fourth-order valence-electron chi connectivity index (χ4n) is 3.22. The molecule has 1 amide bonds. The summed E-state index contributed by atoms with van der Waals surface area (Å²) in [6, 6.07) is 20.1. The fourth-order valence-corrected chi connectivity index (χ4v) is 3.22. The number of anilines is 1. The number of amides is 1. The number of para-hydroxylation sites is 1. The Hall–Kier alpha value is -2.13. The number of hydrogen-bond donors (Lipinski definition) is 0. The molecule has 22 heavy (non-hydrogen) atoms. The standard InChI is InChI=1S/C19H21NO2/c1-3-22-14(2)17-18(15-10-6-4-7-11-15)20(19(17)21)16-12-8-5-9-13-16/h4-14,17-18H,3H2,1-2H3. The van der Waals surface area contributed by atoms with Gasteiger partial charge in [0, 0.05) is 12.3 Å². The number of carbonyl (C=O) groups is 1. The van der Waals surface area contributed by atoms with Crippen molar-refractivity contribution in [2.24, 2.45) is 5.92 Å². The molecule has 1 aliphatic heterocycles. The van der Waals surface area contributed by atoms with Crippen LogP contribution in [-0.4, -0.2) is 18.6 Å². The summed E-state index contributed by atoms with van der Waals surface area (Å²) in [5.41, 5.74) is 2.10. The Morgan fingerprint density at radius 1 is 1.05 bits per heavy atom. The van der Waals surface area contributed by atoms with Gasteiger partial charge >= 0.3 is 0 Å². The zero-order chi connectivity index (χ0) is 15.5. The monoisotopic (exact) mass is 295 g/mol. The van der Waals surface area contributed by atoms with E-state index in [1.54, 1.807) is 0 Å². The molecule has 0 N–H and O–H groups in total. The minimum atomic E-state index is -0.123. The van der Waals surface area contributed by atoms with E-state index in [1.807, 2.05) is 67.3 Å². The highest BCUT2D eigenvalue weighted by molar-refractivity contribution is 6.03. The number of ether oxygens (including phenoxy) is 1. The highest BCUT2D eigenvalue weighted by atomic mass is 16.5. The number of nitrogens with zero attached hydrogens (tertiary/aromatic N) is 1. The van der Waals surface area contributed by atoms with Gasteiger partial charge in [0.1, 0.15) is 0 Å². The van der Waals surface area contributed by atoms with Gasteiger partial charge in [0.2, 0.25) is 5.91 Å². The molecule has 1 saturated heterocycles. The third kappa shape index (κ3) is 2.53. The SMILES string of the molecule is CCOC(C)C1C(=O)N(c2ccccc2)C1c1ccccc1. The van der Waals surface area contributed by atoms with Crippen LogP contribution in [0.4, 0.5) is 5.69 Å². The Morgan fingerprint density at radius 3 is 2.23 bits per heavy atom. The first-order valence-electron chi connectivity index (χ1n) is 7.78. The zero-order valence-corrected chi connectivity index (χ0v) is 13.0. The van der Waals surface area contributed by atoms with E-state index in [1.165, 1.54) is 0 Å². The molecule has 3 rings (SSSR count). The Labute approximate surface area is 131 Å². The van der Waals surface area contributed by atoms with Gasteiger partial charge in [-0.25, -0.2) is 0 Å². The minimum absolute atomic E-state index is 0.0395. The average Bonchev–Trinajstić information content (AvgIpc) is 2.54. The topological polar surface area (TPSA) is 29.5 Å². The molecule has 3 heteroatoms. The Kier molecular flexibility index (Phi) is 4.25. The molecule has 0 aromatic heterocycles. The molecular weight excluding hydrogens is 274 g/mol. The highest BCUT2D eigenvalue weighted by Gasteiger charge is 2.51. The van der Waals surface area contributed by atoms with Crippen molar-refractivity contribution in [3.63, 3.8) is 0 Å². The van der Waals surface area contributed by atoms with E-state index >= 15 is 0 Å². The smallest absolute Gasteiger partial charge is 0.235 e. The van der Waals surface area contributed by atoms with Crippen molar-refractivity contribution in [1.82, 2.24) is 0 Å². The third-order valence-electron chi connectivity index (χ3n) is 4.25. The van der Waals surface area contributed by atoms with Crippen molar-refractivity contribution in [3.8, 4) is 0 Å². The normalized spacial score (nSPS) is 22.3. The van der Waals surface area contributed by atoms with Crippen LogP contribution in [-0.2, 0) is 9.53 Å². The summed E-state index contributed by atoms with van der Waals surface area (Å²) < 4.78 is 5.70. The summed E-state index contributed by atoms with van der Waals surface area (Å²) in [6.07, 6.45) is -0.0809. The van der Waals surface area contributed by atoms with Crippen molar-refractivity contribution < 1.29 is 9.53 Å². The van der Waals surface area contributed by atoms with Crippen LogP contribution < -0.4 is 4.90 Å². The van der Waals surface area contributed by atoms with Gasteiger partial charge in [0.05, 0.1) is 18.1 Å². The van der Waals surface area contributed by atoms with Gasteiger partial charge in [0.15, 0.2) is 0 Å². The summed E-state index contributed by atoms with van der Waals surface area (Å²) in [4.78, 5) is 14.6. The van der Waals surface area contributed by atoms with Gasteiger partial charge in [-0.1, -0.05) is 48.5 Å². The van der Waals surface area contributed by atoms with E-state index in [0.29, 0.717) is 6.61 Å². The van der Waals surface area contributed by atoms with Crippen LogP contribution in [0.2, 0.25) is 0 Å². The minimum Gasteiger partial charge on any atom is -0.378 e. The van der Waals surface area contributed by atoms with Crippen molar-refractivity contribution >= 4 is 11.6 Å². The number of hydrogen-bond acceptors (Lipinski definition) is 2. The molecule has 3 nitrogen and oxygen atoms in total. The predicted molar refractivity (Wildman–Crippen MR) is 87.7 cm³/mol. The molecule has 3 atom stereocenters. The van der Waals surface area contributed by atoms with Crippen LogP contribution >= 0.6 is 0 Å². The first kappa shape index (κ1) is 14.8. The van der Waals surface area contributed by atoms with E-state index < -0.39 is 0 Å². The van der Waals surface area contributed by atoms with Crippen molar-refractivity contribution in [2.75, 3.05) is 11.5 Å². The third-order valence-corrected chi connectivity index (χ3v) is 4.25. The van der Waals surface area contributed by atoms with Gasteiger partial charge in [-0.05, 0) is 31.5 Å². The van der Waals surface area contributed by atoms with Gasteiger partial charge in [-0.2, -0.15) is 0 Å². The molecule has 1 aliphatic rings. The summed E-state index contributed by atoms with van der Waals surface area (Å²) in [7, 11) is 0. The molecule has 2 aromatic rings. The van der Waals surface area contributed by atoms with Crippen LogP contribution in [0, 0.1) is 5.92 Å². The maximum Gasteiger partial charge on any atom is 0.235 e. The lowest BCUT2D eigenvalue weighted by Gasteiger charge is -2.49. The van der Waals surface area contributed by atoms with Crippen LogP contribution in [0.3, 0.4) is 0 Å². The molecule has 1 heterocycles. The summed E-state index contributed by atoms with van der Waals surface area (Å²) in [5.74, 6) is 0.0172. The van der Waals surface area contributed by atoms with Crippen LogP contribution in [0.5, 0.6) is 0 Å². The van der Waals surface area contributed by atoms with E-state index in [4.69, 9.17) is 4.74 Å². The van der Waals surface area contributed by atoms with Crippen LogP contribution in [0.1, 0.15) is 25.5 Å². The zero-order valence-electron chi connectivity index (χ0n) is 13.0. The van der Waals surface area contributed by atoms with Gasteiger partial charge in [-0.15, -0.1) is 0 Å². The molecule has 0 bridgehead atoms. The Balaban J connectivity index is 1.95. The van der Waals surface area contributed by atoms with Crippen LogP contribution in [0.25, 0.3) is 0 Å². The number of benzene rings is 2. The number of β-lactam (4-membered cyclic amide) rings is 1. The maximum atomic E-state index is 12.7. The second kappa shape index (κ2) is 6.32. The quantitative estimate of drug-likeness (QED) is 0.785. The molecule has 2 aromatic carbocycles. The van der Waals surface area contributed by atoms with Crippen molar-refractivity contribution in [1.29, 1.82) is 0 Å². The van der Waals surface area contributed by atoms with E-state index in [2.05, 4.69) is 12.1 Å². The summed E-state index contributed by atoms with van der Waals surface area (Å²) in [5, 5.41) is 0. The Morgan fingerprint density at radius 2 is 1.64 bits per heavy atom. The second-order valence-corrected chi connectivity index (χ2v) is 5.59. The van der Waals surface area contributed by atoms with E-state index in [-0.39, 0.29) is 24.0 Å². The Bertz CT molecular complexity index is 626. The van der Waals surface area contributed by atoms with E-state index in [0.717, 1.165) is 11.3 Å².